The highest BCUT2D eigenvalue weighted by molar-refractivity contribution is 6.42. The predicted octanol–water partition coefficient (Wildman–Crippen LogP) is 4.56. The molecule has 4 aromatic rings. The van der Waals surface area contributed by atoms with Crippen LogP contribution in [0.4, 0.5) is 5.69 Å². The maximum atomic E-state index is 12.8. The summed E-state index contributed by atoms with van der Waals surface area (Å²) in [4.78, 5) is 12.8. The molecule has 0 atom stereocenters. The van der Waals surface area contributed by atoms with E-state index in [1.807, 2.05) is 44.2 Å². The number of nitrogens with zero attached hydrogens (tertiary/aromatic N) is 5. The number of carbonyl (C=O) groups is 1. The van der Waals surface area contributed by atoms with E-state index in [-0.39, 0.29) is 12.3 Å². The minimum atomic E-state index is -0.151. The first kappa shape index (κ1) is 20.1. The maximum absolute atomic E-state index is 12.8. The standard InChI is InChI=1S/C21H18Cl2N6O/c1-13-16(14(2)29(26-13)15-7-8-17(22)18(23)11-15)12-21(30)25-19-5-3-4-6-20(19)28-10-9-24-27-28/h3-11H,12H2,1-2H3,(H,25,30). The minimum Gasteiger partial charge on any atom is -0.324 e. The zero-order valence-corrected chi connectivity index (χ0v) is 17.8. The molecule has 7 nitrogen and oxygen atoms in total. The molecule has 1 N–H and O–H groups in total. The van der Waals surface area contributed by atoms with Crippen molar-refractivity contribution in [2.24, 2.45) is 0 Å². The molecule has 152 valence electrons. The van der Waals surface area contributed by atoms with E-state index in [4.69, 9.17) is 23.2 Å². The van der Waals surface area contributed by atoms with Crippen LogP contribution in [0.5, 0.6) is 0 Å². The molecule has 0 aliphatic carbocycles. The summed E-state index contributed by atoms with van der Waals surface area (Å²) in [5, 5.41) is 16.3. The van der Waals surface area contributed by atoms with E-state index in [0.717, 1.165) is 28.3 Å². The predicted molar refractivity (Wildman–Crippen MR) is 117 cm³/mol. The Hall–Kier alpha value is -3.16. The van der Waals surface area contributed by atoms with E-state index in [1.165, 1.54) is 0 Å². The third-order valence-corrected chi connectivity index (χ3v) is 5.51. The van der Waals surface area contributed by atoms with Crippen LogP contribution < -0.4 is 5.32 Å². The van der Waals surface area contributed by atoms with Gasteiger partial charge in [0, 0.05) is 11.3 Å². The van der Waals surface area contributed by atoms with Crippen LogP contribution in [-0.4, -0.2) is 30.7 Å². The van der Waals surface area contributed by atoms with Crippen LogP contribution in [0.15, 0.2) is 54.9 Å². The minimum absolute atomic E-state index is 0.151. The van der Waals surface area contributed by atoms with Crippen molar-refractivity contribution in [1.82, 2.24) is 24.8 Å². The number of aromatic nitrogens is 5. The van der Waals surface area contributed by atoms with Gasteiger partial charge in [0.2, 0.25) is 5.91 Å². The molecule has 0 spiro atoms. The van der Waals surface area contributed by atoms with Gasteiger partial charge in [0.15, 0.2) is 0 Å². The van der Waals surface area contributed by atoms with Gasteiger partial charge in [-0.2, -0.15) is 5.10 Å². The third-order valence-electron chi connectivity index (χ3n) is 4.77. The van der Waals surface area contributed by atoms with E-state index in [9.17, 15) is 4.79 Å². The van der Waals surface area contributed by atoms with Gasteiger partial charge in [-0.25, -0.2) is 9.36 Å². The molecule has 2 aromatic heterocycles. The van der Waals surface area contributed by atoms with Gasteiger partial charge in [-0.15, -0.1) is 5.10 Å². The lowest BCUT2D eigenvalue weighted by Crippen LogP contribution is -2.17. The second-order valence-electron chi connectivity index (χ2n) is 6.75. The van der Waals surface area contributed by atoms with E-state index < -0.39 is 0 Å². The molecule has 0 aliphatic rings. The summed E-state index contributed by atoms with van der Waals surface area (Å²) in [6.45, 7) is 3.81. The average Bonchev–Trinajstić information content (AvgIpc) is 3.35. The Morgan fingerprint density at radius 1 is 1.10 bits per heavy atom. The van der Waals surface area contributed by atoms with Gasteiger partial charge in [0.25, 0.3) is 0 Å². The number of benzene rings is 2. The fourth-order valence-corrected chi connectivity index (χ4v) is 3.56. The van der Waals surface area contributed by atoms with Crippen LogP contribution in [0.1, 0.15) is 17.0 Å². The van der Waals surface area contributed by atoms with Gasteiger partial charge >= 0.3 is 0 Å². The maximum Gasteiger partial charge on any atom is 0.228 e. The molecule has 2 heterocycles. The summed E-state index contributed by atoms with van der Waals surface area (Å²) >= 11 is 12.2. The lowest BCUT2D eigenvalue weighted by atomic mass is 10.1. The number of carbonyl (C=O) groups excluding carboxylic acids is 1. The molecule has 0 saturated heterocycles. The Morgan fingerprint density at radius 2 is 1.90 bits per heavy atom. The normalized spacial score (nSPS) is 10.9. The van der Waals surface area contributed by atoms with Crippen molar-refractivity contribution in [3.05, 3.63) is 81.9 Å². The van der Waals surface area contributed by atoms with Crippen molar-refractivity contribution >= 4 is 34.8 Å². The Bertz CT molecular complexity index is 1220. The van der Waals surface area contributed by atoms with E-state index >= 15 is 0 Å². The van der Waals surface area contributed by atoms with Crippen molar-refractivity contribution in [2.75, 3.05) is 5.32 Å². The van der Waals surface area contributed by atoms with Crippen LogP contribution in [0.25, 0.3) is 11.4 Å². The quantitative estimate of drug-likeness (QED) is 0.493. The number of rotatable bonds is 5. The molecule has 4 rings (SSSR count). The molecule has 0 bridgehead atoms. The number of halogens is 2. The lowest BCUT2D eigenvalue weighted by molar-refractivity contribution is -0.115. The van der Waals surface area contributed by atoms with Crippen molar-refractivity contribution in [1.29, 1.82) is 0 Å². The first-order valence-corrected chi connectivity index (χ1v) is 9.95. The summed E-state index contributed by atoms with van der Waals surface area (Å²) in [7, 11) is 0. The number of hydrogen-bond acceptors (Lipinski definition) is 4. The number of hydrogen-bond donors (Lipinski definition) is 1. The van der Waals surface area contributed by atoms with Crippen molar-refractivity contribution in [3.63, 3.8) is 0 Å². The van der Waals surface area contributed by atoms with Gasteiger partial charge < -0.3 is 5.32 Å². The number of anilines is 1. The summed E-state index contributed by atoms with van der Waals surface area (Å²) in [5.41, 5.74) is 4.68. The van der Waals surface area contributed by atoms with Gasteiger partial charge in [0.1, 0.15) is 0 Å². The molecule has 0 aliphatic heterocycles. The summed E-state index contributed by atoms with van der Waals surface area (Å²) in [5.74, 6) is -0.151. The number of aryl methyl sites for hydroxylation is 1. The Morgan fingerprint density at radius 3 is 2.63 bits per heavy atom. The smallest absolute Gasteiger partial charge is 0.228 e. The summed E-state index contributed by atoms with van der Waals surface area (Å²) in [6.07, 6.45) is 3.49. The lowest BCUT2D eigenvalue weighted by Gasteiger charge is -2.11. The molecule has 2 aromatic carbocycles. The highest BCUT2D eigenvalue weighted by atomic mass is 35.5. The number of para-hydroxylation sites is 2. The topological polar surface area (TPSA) is 77.6 Å². The van der Waals surface area contributed by atoms with Gasteiger partial charge in [-0.1, -0.05) is 40.5 Å². The fraction of sp³-hybridized carbons (Fsp3) is 0.143. The van der Waals surface area contributed by atoms with Crippen molar-refractivity contribution in [3.8, 4) is 11.4 Å². The van der Waals surface area contributed by atoms with Crippen LogP contribution in [-0.2, 0) is 11.2 Å². The SMILES string of the molecule is Cc1nn(-c2ccc(Cl)c(Cl)c2)c(C)c1CC(=O)Nc1ccccc1-n1ccnn1. The van der Waals surface area contributed by atoms with Crippen LogP contribution >= 0.6 is 23.2 Å². The highest BCUT2D eigenvalue weighted by Crippen LogP contribution is 2.26. The number of nitrogens with one attached hydrogen (secondary N) is 1. The molecular formula is C21H18Cl2N6O. The van der Waals surface area contributed by atoms with Crippen molar-refractivity contribution in [2.45, 2.75) is 20.3 Å². The molecule has 0 unspecified atom stereocenters. The Balaban J connectivity index is 1.58. The number of amides is 1. The molecule has 0 fully saturated rings. The van der Waals surface area contributed by atoms with Gasteiger partial charge in [0.05, 0.1) is 51.6 Å². The zero-order chi connectivity index (χ0) is 21.3. The molecule has 0 saturated carbocycles. The monoisotopic (exact) mass is 440 g/mol. The molecular weight excluding hydrogens is 423 g/mol. The van der Waals surface area contributed by atoms with E-state index in [0.29, 0.717) is 15.7 Å². The average molecular weight is 441 g/mol. The summed E-state index contributed by atoms with van der Waals surface area (Å²) in [6, 6.07) is 12.7. The van der Waals surface area contributed by atoms with Gasteiger partial charge in [-0.05, 0) is 44.2 Å². The molecule has 1 amide bonds. The largest absolute Gasteiger partial charge is 0.324 e. The van der Waals surface area contributed by atoms with Crippen molar-refractivity contribution < 1.29 is 4.79 Å². The van der Waals surface area contributed by atoms with Crippen LogP contribution in [0.3, 0.4) is 0 Å². The fourth-order valence-electron chi connectivity index (χ4n) is 3.27. The zero-order valence-electron chi connectivity index (χ0n) is 16.3. The van der Waals surface area contributed by atoms with Crippen LogP contribution in [0, 0.1) is 13.8 Å². The van der Waals surface area contributed by atoms with Gasteiger partial charge in [-0.3, -0.25) is 4.79 Å². The van der Waals surface area contributed by atoms with E-state index in [1.54, 1.807) is 33.9 Å². The highest BCUT2D eigenvalue weighted by Gasteiger charge is 2.17. The second-order valence-corrected chi connectivity index (χ2v) is 7.56. The third kappa shape index (κ3) is 3.94. The van der Waals surface area contributed by atoms with Crippen LogP contribution in [0.2, 0.25) is 10.0 Å². The first-order valence-electron chi connectivity index (χ1n) is 9.20. The first-order chi connectivity index (χ1) is 14.4. The molecule has 9 heteroatoms. The molecule has 30 heavy (non-hydrogen) atoms. The molecule has 0 radical (unpaired) electrons. The summed E-state index contributed by atoms with van der Waals surface area (Å²) < 4.78 is 3.37. The van der Waals surface area contributed by atoms with E-state index in [2.05, 4.69) is 20.7 Å². The Kier molecular flexibility index (Phi) is 5.57. The second kappa shape index (κ2) is 8.30. The Labute approximate surface area is 183 Å².